The third-order valence-electron chi connectivity index (χ3n) is 6.02. The van der Waals surface area contributed by atoms with Crippen LogP contribution in [-0.4, -0.2) is 32.8 Å². The van der Waals surface area contributed by atoms with Gasteiger partial charge in [0, 0.05) is 36.8 Å². The summed E-state index contributed by atoms with van der Waals surface area (Å²) < 4.78 is 16.8. The van der Waals surface area contributed by atoms with Crippen LogP contribution >= 0.6 is 0 Å². The molecule has 144 valence electrons. The average Bonchev–Trinajstić information content (AvgIpc) is 2.91. The number of aryl methyl sites for hydroxylation is 1. The second kappa shape index (κ2) is 7.41. The van der Waals surface area contributed by atoms with Crippen LogP contribution in [0.25, 0.3) is 0 Å². The molecule has 0 saturated carbocycles. The number of hydrogen-bond donors (Lipinski definition) is 1. The Morgan fingerprint density at radius 2 is 1.81 bits per heavy atom. The van der Waals surface area contributed by atoms with Crippen molar-refractivity contribution in [2.45, 2.75) is 38.4 Å². The Balaban J connectivity index is 1.74. The fraction of sp³-hybridized carbons (Fsp3) is 0.455. The molecule has 2 aromatic carbocycles. The molecule has 0 spiro atoms. The maximum absolute atomic E-state index is 5.97. The van der Waals surface area contributed by atoms with E-state index in [-0.39, 0.29) is 0 Å². The van der Waals surface area contributed by atoms with Crippen LogP contribution < -0.4 is 19.9 Å². The molecule has 27 heavy (non-hydrogen) atoms. The first-order valence-electron chi connectivity index (χ1n) is 9.56. The number of nitrogens with two attached hydrogens (primary N) is 1. The lowest BCUT2D eigenvalue weighted by Gasteiger charge is -2.37. The van der Waals surface area contributed by atoms with E-state index in [1.165, 1.54) is 22.3 Å². The molecule has 4 rings (SSSR count). The Hall–Kier alpha value is -2.24. The third-order valence-corrected chi connectivity index (χ3v) is 6.02. The monoisotopic (exact) mass is 368 g/mol. The maximum atomic E-state index is 5.97. The summed E-state index contributed by atoms with van der Waals surface area (Å²) in [6, 6.07) is 9.06. The van der Waals surface area contributed by atoms with Crippen molar-refractivity contribution in [2.75, 3.05) is 27.9 Å². The highest BCUT2D eigenvalue weighted by Gasteiger charge is 2.32. The molecule has 2 heterocycles. The minimum atomic E-state index is 0.396. The van der Waals surface area contributed by atoms with E-state index in [1.807, 2.05) is 6.07 Å². The van der Waals surface area contributed by atoms with Crippen molar-refractivity contribution in [3.63, 3.8) is 0 Å². The molecule has 0 unspecified atom stereocenters. The van der Waals surface area contributed by atoms with E-state index in [9.17, 15) is 0 Å². The summed E-state index contributed by atoms with van der Waals surface area (Å²) >= 11 is 0. The highest BCUT2D eigenvalue weighted by atomic mass is 16.5. The smallest absolute Gasteiger partial charge is 0.165 e. The summed E-state index contributed by atoms with van der Waals surface area (Å²) in [5, 5.41) is 0. The summed E-state index contributed by atoms with van der Waals surface area (Å²) in [4.78, 5) is 2.57. The van der Waals surface area contributed by atoms with E-state index in [0.717, 1.165) is 55.2 Å². The molecule has 0 radical (unpaired) electrons. The lowest BCUT2D eigenvalue weighted by atomic mass is 9.88. The molecule has 2 N–H and O–H groups in total. The van der Waals surface area contributed by atoms with Gasteiger partial charge in [-0.25, -0.2) is 0 Å². The quantitative estimate of drug-likeness (QED) is 0.898. The van der Waals surface area contributed by atoms with Crippen molar-refractivity contribution >= 4 is 0 Å². The normalized spacial score (nSPS) is 18.7. The first-order valence-corrected chi connectivity index (χ1v) is 9.56. The van der Waals surface area contributed by atoms with Crippen LogP contribution in [0.3, 0.4) is 0 Å². The number of methoxy groups -OCH3 is 3. The van der Waals surface area contributed by atoms with Gasteiger partial charge in [0.1, 0.15) is 5.75 Å². The highest BCUT2D eigenvalue weighted by molar-refractivity contribution is 5.52. The van der Waals surface area contributed by atoms with Crippen molar-refractivity contribution in [3.8, 4) is 17.2 Å². The Kier molecular flexibility index (Phi) is 4.98. The molecule has 5 heteroatoms. The van der Waals surface area contributed by atoms with Crippen molar-refractivity contribution in [1.29, 1.82) is 0 Å². The first kappa shape index (κ1) is 18.1. The number of fused-ring (bicyclic) bond motifs is 4. The van der Waals surface area contributed by atoms with Crippen molar-refractivity contribution in [1.82, 2.24) is 4.90 Å². The number of ether oxygens (including phenoxy) is 3. The molecule has 0 saturated heterocycles. The van der Waals surface area contributed by atoms with Gasteiger partial charge >= 0.3 is 0 Å². The van der Waals surface area contributed by atoms with Gasteiger partial charge in [0.05, 0.1) is 21.3 Å². The van der Waals surface area contributed by atoms with Crippen LogP contribution in [0.2, 0.25) is 0 Å². The van der Waals surface area contributed by atoms with Gasteiger partial charge in [0.15, 0.2) is 11.5 Å². The molecular formula is C22H28N2O3. The third kappa shape index (κ3) is 3.05. The molecule has 2 aliphatic rings. The highest BCUT2D eigenvalue weighted by Crippen LogP contribution is 2.43. The Morgan fingerprint density at radius 1 is 1.00 bits per heavy atom. The molecule has 5 nitrogen and oxygen atoms in total. The number of benzene rings is 2. The topological polar surface area (TPSA) is 57.0 Å². The molecular weight excluding hydrogens is 340 g/mol. The maximum Gasteiger partial charge on any atom is 0.165 e. The van der Waals surface area contributed by atoms with E-state index in [4.69, 9.17) is 19.9 Å². The van der Waals surface area contributed by atoms with Crippen LogP contribution in [0, 0.1) is 0 Å². The van der Waals surface area contributed by atoms with E-state index in [2.05, 4.69) is 23.1 Å². The van der Waals surface area contributed by atoms with Gasteiger partial charge in [-0.15, -0.1) is 0 Å². The van der Waals surface area contributed by atoms with E-state index in [1.54, 1.807) is 21.3 Å². The molecule has 0 aliphatic carbocycles. The molecule has 0 aromatic heterocycles. The Bertz CT molecular complexity index is 850. The summed E-state index contributed by atoms with van der Waals surface area (Å²) in [5.74, 6) is 2.59. The van der Waals surface area contributed by atoms with Crippen LogP contribution in [0.5, 0.6) is 17.2 Å². The number of nitrogens with zero attached hydrogens (tertiary/aromatic N) is 1. The van der Waals surface area contributed by atoms with Gasteiger partial charge in [-0.05, 0) is 54.2 Å². The molecule has 2 aliphatic heterocycles. The van der Waals surface area contributed by atoms with Crippen LogP contribution in [0.1, 0.15) is 40.3 Å². The van der Waals surface area contributed by atoms with Crippen molar-refractivity contribution in [2.24, 2.45) is 5.73 Å². The van der Waals surface area contributed by atoms with Gasteiger partial charge in [0.2, 0.25) is 0 Å². The fourth-order valence-corrected chi connectivity index (χ4v) is 4.64. The SMILES string of the molecule is COc1cc2c(cc1CN)[C@@H]1CCc3ccc(OC)c(OC)c3CN1CC2. The summed E-state index contributed by atoms with van der Waals surface area (Å²) in [5.41, 5.74) is 12.5. The molecule has 0 amide bonds. The van der Waals surface area contributed by atoms with Crippen molar-refractivity contribution in [3.05, 3.63) is 52.1 Å². The van der Waals surface area contributed by atoms with Crippen LogP contribution in [-0.2, 0) is 25.9 Å². The predicted octanol–water partition coefficient (Wildman–Crippen LogP) is 3.22. The first-order chi connectivity index (χ1) is 13.2. The zero-order chi connectivity index (χ0) is 19.0. The van der Waals surface area contributed by atoms with Crippen molar-refractivity contribution < 1.29 is 14.2 Å². The minimum absolute atomic E-state index is 0.396. The standard InChI is InChI=1S/C22H28N2O3/c1-25-20-7-5-14-4-6-19-17-10-16(12-23)21(26-2)11-15(17)8-9-24(19)13-18(14)22(20)27-3/h5,7,10-11,19H,4,6,8-9,12-13,23H2,1-3H3/t19-/m0/s1. The molecule has 0 fully saturated rings. The lowest BCUT2D eigenvalue weighted by Crippen LogP contribution is -2.34. The van der Waals surface area contributed by atoms with E-state index in [0.29, 0.717) is 12.6 Å². The molecule has 1 atom stereocenters. The van der Waals surface area contributed by atoms with Gasteiger partial charge in [-0.1, -0.05) is 6.07 Å². The summed E-state index contributed by atoms with van der Waals surface area (Å²) in [6.07, 6.45) is 3.14. The van der Waals surface area contributed by atoms with Gasteiger partial charge in [-0.2, -0.15) is 0 Å². The Labute approximate surface area is 161 Å². The summed E-state index contributed by atoms with van der Waals surface area (Å²) in [7, 11) is 5.15. The average molecular weight is 368 g/mol. The van der Waals surface area contributed by atoms with Crippen LogP contribution in [0.4, 0.5) is 0 Å². The van der Waals surface area contributed by atoms with Gasteiger partial charge in [-0.3, -0.25) is 4.90 Å². The fourth-order valence-electron chi connectivity index (χ4n) is 4.64. The number of hydrogen-bond acceptors (Lipinski definition) is 5. The lowest BCUT2D eigenvalue weighted by molar-refractivity contribution is 0.171. The summed E-state index contributed by atoms with van der Waals surface area (Å²) in [6.45, 7) is 2.40. The zero-order valence-electron chi connectivity index (χ0n) is 16.4. The number of rotatable bonds is 4. The molecule has 0 bridgehead atoms. The van der Waals surface area contributed by atoms with Gasteiger partial charge in [0.25, 0.3) is 0 Å². The zero-order valence-corrected chi connectivity index (χ0v) is 16.4. The largest absolute Gasteiger partial charge is 0.496 e. The van der Waals surface area contributed by atoms with E-state index < -0.39 is 0 Å². The second-order valence-electron chi connectivity index (χ2n) is 7.28. The van der Waals surface area contributed by atoms with Gasteiger partial charge < -0.3 is 19.9 Å². The van der Waals surface area contributed by atoms with E-state index >= 15 is 0 Å². The predicted molar refractivity (Wildman–Crippen MR) is 106 cm³/mol. The second-order valence-corrected chi connectivity index (χ2v) is 7.28. The van der Waals surface area contributed by atoms with Crippen LogP contribution in [0.15, 0.2) is 24.3 Å². The Morgan fingerprint density at radius 3 is 2.52 bits per heavy atom. The molecule has 2 aromatic rings. The minimum Gasteiger partial charge on any atom is -0.496 e.